The molecule has 0 saturated heterocycles. The zero-order chi connectivity index (χ0) is 9.40. The van der Waals surface area contributed by atoms with E-state index in [1.54, 1.807) is 6.92 Å². The molecule has 0 aliphatic rings. The molecule has 68 valence electrons. The number of unbranched alkanes of at least 4 members (excludes halogenated alkanes) is 1. The molecule has 0 aromatic heterocycles. The Hall–Kier alpha value is -0.570. The Balaban J connectivity index is 3.16. The van der Waals surface area contributed by atoms with Gasteiger partial charge in [0.1, 0.15) is 0 Å². The Morgan fingerprint density at radius 2 is 2.08 bits per heavy atom. The van der Waals surface area contributed by atoms with Crippen molar-refractivity contribution in [3.05, 3.63) is 12.7 Å². The first kappa shape index (κ1) is 11.4. The monoisotopic (exact) mass is 186 g/mol. The van der Waals surface area contributed by atoms with Crippen LogP contribution in [-0.4, -0.2) is 16.7 Å². The standard InChI is InChI=1S/C9H14O2S/c1-3-9(11)6-4-5-7-12-8(2)10/h3H,1,4-7H2,2H3. The van der Waals surface area contributed by atoms with Gasteiger partial charge in [-0.2, -0.15) is 0 Å². The molecule has 0 aliphatic heterocycles. The highest BCUT2D eigenvalue weighted by Gasteiger charge is 1.97. The molecule has 0 atom stereocenters. The molecular weight excluding hydrogens is 172 g/mol. The summed E-state index contributed by atoms with van der Waals surface area (Å²) < 4.78 is 0. The molecule has 0 spiro atoms. The van der Waals surface area contributed by atoms with Gasteiger partial charge in [0, 0.05) is 19.1 Å². The highest BCUT2D eigenvalue weighted by atomic mass is 32.2. The van der Waals surface area contributed by atoms with Crippen LogP contribution in [0.25, 0.3) is 0 Å². The number of ketones is 1. The van der Waals surface area contributed by atoms with Crippen LogP contribution in [0.1, 0.15) is 26.2 Å². The van der Waals surface area contributed by atoms with Crippen molar-refractivity contribution in [2.24, 2.45) is 0 Å². The van der Waals surface area contributed by atoms with Crippen LogP contribution in [-0.2, 0) is 9.59 Å². The van der Waals surface area contributed by atoms with Crippen molar-refractivity contribution in [1.82, 2.24) is 0 Å². The van der Waals surface area contributed by atoms with Crippen molar-refractivity contribution in [2.75, 3.05) is 5.75 Å². The number of hydrogen-bond acceptors (Lipinski definition) is 3. The molecule has 12 heavy (non-hydrogen) atoms. The lowest BCUT2D eigenvalue weighted by atomic mass is 10.2. The summed E-state index contributed by atoms with van der Waals surface area (Å²) in [5, 5.41) is 0.144. The summed E-state index contributed by atoms with van der Waals surface area (Å²) in [4.78, 5) is 21.2. The van der Waals surface area contributed by atoms with E-state index >= 15 is 0 Å². The third kappa shape index (κ3) is 7.54. The second kappa shape index (κ2) is 7.10. The van der Waals surface area contributed by atoms with Crippen molar-refractivity contribution in [3.63, 3.8) is 0 Å². The Bertz CT molecular complexity index is 175. The summed E-state index contributed by atoms with van der Waals surface area (Å²) in [6.07, 6.45) is 3.68. The van der Waals surface area contributed by atoms with Gasteiger partial charge in [-0.15, -0.1) is 0 Å². The molecule has 0 unspecified atom stereocenters. The van der Waals surface area contributed by atoms with Gasteiger partial charge in [0.15, 0.2) is 10.9 Å². The third-order valence-electron chi connectivity index (χ3n) is 1.35. The topological polar surface area (TPSA) is 34.1 Å². The van der Waals surface area contributed by atoms with Crippen molar-refractivity contribution in [2.45, 2.75) is 26.2 Å². The van der Waals surface area contributed by atoms with E-state index in [-0.39, 0.29) is 10.9 Å². The fourth-order valence-corrected chi connectivity index (χ4v) is 1.36. The van der Waals surface area contributed by atoms with Gasteiger partial charge < -0.3 is 0 Å². The third-order valence-corrected chi connectivity index (χ3v) is 2.25. The molecule has 2 nitrogen and oxygen atoms in total. The van der Waals surface area contributed by atoms with Crippen LogP contribution in [0, 0.1) is 0 Å². The smallest absolute Gasteiger partial charge is 0.185 e. The van der Waals surface area contributed by atoms with Gasteiger partial charge in [0.05, 0.1) is 0 Å². The van der Waals surface area contributed by atoms with E-state index < -0.39 is 0 Å². The van der Waals surface area contributed by atoms with Crippen molar-refractivity contribution in [3.8, 4) is 0 Å². The number of hydrogen-bond donors (Lipinski definition) is 0. The average molecular weight is 186 g/mol. The number of carbonyl (C=O) groups is 2. The molecule has 0 fully saturated rings. The van der Waals surface area contributed by atoms with Crippen molar-refractivity contribution < 1.29 is 9.59 Å². The summed E-state index contributed by atoms with van der Waals surface area (Å²) in [6.45, 7) is 4.93. The highest BCUT2D eigenvalue weighted by Crippen LogP contribution is 2.06. The van der Waals surface area contributed by atoms with Crippen LogP contribution < -0.4 is 0 Å². The lowest BCUT2D eigenvalue weighted by Crippen LogP contribution is -1.93. The lowest BCUT2D eigenvalue weighted by Gasteiger charge is -1.95. The predicted molar refractivity (Wildman–Crippen MR) is 52.2 cm³/mol. The number of carbonyl (C=O) groups excluding carboxylic acids is 2. The van der Waals surface area contributed by atoms with Crippen LogP contribution in [0.5, 0.6) is 0 Å². The zero-order valence-electron chi connectivity index (χ0n) is 7.34. The number of thioether (sulfide) groups is 1. The Kier molecular flexibility index (Phi) is 6.76. The van der Waals surface area contributed by atoms with Gasteiger partial charge in [-0.3, -0.25) is 9.59 Å². The van der Waals surface area contributed by atoms with E-state index in [4.69, 9.17) is 0 Å². The fraction of sp³-hybridized carbons (Fsp3) is 0.556. The van der Waals surface area contributed by atoms with Crippen LogP contribution in [0.4, 0.5) is 0 Å². The van der Waals surface area contributed by atoms with Crippen molar-refractivity contribution >= 4 is 22.7 Å². The summed E-state index contributed by atoms with van der Waals surface area (Å²) in [5.41, 5.74) is 0. The second-order valence-electron chi connectivity index (χ2n) is 2.47. The summed E-state index contributed by atoms with van der Waals surface area (Å²) in [7, 11) is 0. The molecule has 0 aromatic rings. The van der Waals surface area contributed by atoms with E-state index in [2.05, 4.69) is 6.58 Å². The maximum atomic E-state index is 10.7. The Labute approximate surface area is 77.4 Å². The van der Waals surface area contributed by atoms with Gasteiger partial charge in [-0.25, -0.2) is 0 Å². The zero-order valence-corrected chi connectivity index (χ0v) is 8.15. The molecule has 0 saturated carbocycles. The van der Waals surface area contributed by atoms with E-state index in [0.717, 1.165) is 18.6 Å². The first-order valence-electron chi connectivity index (χ1n) is 3.95. The van der Waals surface area contributed by atoms with E-state index in [1.165, 1.54) is 17.8 Å². The Morgan fingerprint density at radius 1 is 1.42 bits per heavy atom. The maximum absolute atomic E-state index is 10.7. The molecule has 0 N–H and O–H groups in total. The first-order chi connectivity index (χ1) is 5.66. The minimum Gasteiger partial charge on any atom is -0.295 e. The minimum atomic E-state index is 0.0859. The summed E-state index contributed by atoms with van der Waals surface area (Å²) >= 11 is 1.31. The molecule has 0 amide bonds. The summed E-state index contributed by atoms with van der Waals surface area (Å²) in [5.74, 6) is 0.905. The number of allylic oxidation sites excluding steroid dienone is 1. The fourth-order valence-electron chi connectivity index (χ4n) is 0.719. The van der Waals surface area contributed by atoms with Crippen LogP contribution >= 0.6 is 11.8 Å². The minimum absolute atomic E-state index is 0.0859. The lowest BCUT2D eigenvalue weighted by molar-refractivity contribution is -0.114. The average Bonchev–Trinajstić information content (AvgIpc) is 2.03. The molecule has 0 aliphatic carbocycles. The van der Waals surface area contributed by atoms with Gasteiger partial charge in [-0.05, 0) is 18.9 Å². The molecule has 0 rings (SSSR count). The second-order valence-corrected chi connectivity index (χ2v) is 3.74. The molecule has 0 bridgehead atoms. The predicted octanol–water partition coefficient (Wildman–Crippen LogP) is 2.19. The quantitative estimate of drug-likeness (QED) is 0.471. The van der Waals surface area contributed by atoms with E-state index in [1.807, 2.05) is 0 Å². The highest BCUT2D eigenvalue weighted by molar-refractivity contribution is 8.13. The molecular formula is C9H14O2S. The van der Waals surface area contributed by atoms with Gasteiger partial charge in [0.2, 0.25) is 0 Å². The molecule has 0 heterocycles. The number of rotatable bonds is 6. The normalized spacial score (nSPS) is 9.42. The van der Waals surface area contributed by atoms with Crippen LogP contribution in [0.2, 0.25) is 0 Å². The summed E-state index contributed by atoms with van der Waals surface area (Å²) in [6, 6.07) is 0. The largest absolute Gasteiger partial charge is 0.295 e. The molecule has 0 radical (unpaired) electrons. The van der Waals surface area contributed by atoms with Gasteiger partial charge in [-0.1, -0.05) is 18.3 Å². The molecule has 0 aromatic carbocycles. The Morgan fingerprint density at radius 3 is 2.58 bits per heavy atom. The van der Waals surface area contributed by atoms with E-state index in [9.17, 15) is 9.59 Å². The van der Waals surface area contributed by atoms with Gasteiger partial charge in [0.25, 0.3) is 0 Å². The maximum Gasteiger partial charge on any atom is 0.185 e. The SMILES string of the molecule is C=CC(=O)CCCCSC(C)=O. The first-order valence-corrected chi connectivity index (χ1v) is 4.94. The van der Waals surface area contributed by atoms with Crippen LogP contribution in [0.15, 0.2) is 12.7 Å². The van der Waals surface area contributed by atoms with Crippen molar-refractivity contribution in [1.29, 1.82) is 0 Å². The molecule has 3 heteroatoms. The van der Waals surface area contributed by atoms with Gasteiger partial charge >= 0.3 is 0 Å². The van der Waals surface area contributed by atoms with E-state index in [0.29, 0.717) is 6.42 Å². The van der Waals surface area contributed by atoms with Crippen LogP contribution in [0.3, 0.4) is 0 Å².